The van der Waals surface area contributed by atoms with Crippen LogP contribution in [0.3, 0.4) is 0 Å². The van der Waals surface area contributed by atoms with Crippen LogP contribution in [0.2, 0.25) is 0 Å². The van der Waals surface area contributed by atoms with Gasteiger partial charge in [0.25, 0.3) is 0 Å². The highest BCUT2D eigenvalue weighted by atomic mass is 16.3. The fraction of sp³-hybridized carbons (Fsp3) is 0.444. The van der Waals surface area contributed by atoms with Gasteiger partial charge in [-0.25, -0.2) is 4.98 Å². The van der Waals surface area contributed by atoms with E-state index in [1.54, 1.807) is 0 Å². The molecule has 0 spiro atoms. The van der Waals surface area contributed by atoms with Gasteiger partial charge < -0.3 is 15.7 Å². The predicted molar refractivity (Wildman–Crippen MR) is 92.7 cm³/mol. The highest BCUT2D eigenvalue weighted by Gasteiger charge is 2.26. The Kier molecular flexibility index (Phi) is 4.76. The maximum Gasteiger partial charge on any atom is 0.225 e. The second-order valence-electron chi connectivity index (χ2n) is 6.35. The third kappa shape index (κ3) is 4.42. The quantitative estimate of drug-likeness (QED) is 0.733. The first-order valence-electron chi connectivity index (χ1n) is 8.20. The summed E-state index contributed by atoms with van der Waals surface area (Å²) in [7, 11) is 0. The van der Waals surface area contributed by atoms with Gasteiger partial charge in [0.2, 0.25) is 5.95 Å². The summed E-state index contributed by atoms with van der Waals surface area (Å²) >= 11 is 0. The van der Waals surface area contributed by atoms with Gasteiger partial charge in [0.05, 0.1) is 12.3 Å². The molecule has 0 radical (unpaired) electrons. The molecule has 1 aromatic carbocycles. The first-order valence-corrected chi connectivity index (χ1v) is 8.20. The van der Waals surface area contributed by atoms with E-state index in [0.717, 1.165) is 18.1 Å². The summed E-state index contributed by atoms with van der Waals surface area (Å²) in [6, 6.07) is 10.4. The molecule has 0 bridgehead atoms. The van der Waals surface area contributed by atoms with E-state index >= 15 is 0 Å². The van der Waals surface area contributed by atoms with Gasteiger partial charge in [0.1, 0.15) is 5.82 Å². The van der Waals surface area contributed by atoms with Gasteiger partial charge in [-0.05, 0) is 32.3 Å². The minimum atomic E-state index is -0.0610. The molecule has 0 aliphatic heterocycles. The Morgan fingerprint density at radius 2 is 2.09 bits per heavy atom. The molecule has 0 unspecified atom stereocenters. The number of aliphatic hydroxyl groups excluding tert-OH is 1. The Morgan fingerprint density at radius 3 is 2.78 bits per heavy atom. The second-order valence-corrected chi connectivity index (χ2v) is 6.35. The smallest absolute Gasteiger partial charge is 0.225 e. The van der Waals surface area contributed by atoms with Crippen molar-refractivity contribution >= 4 is 11.8 Å². The molecule has 0 amide bonds. The van der Waals surface area contributed by atoms with Gasteiger partial charge in [-0.1, -0.05) is 29.8 Å². The van der Waals surface area contributed by atoms with E-state index in [9.17, 15) is 5.11 Å². The lowest BCUT2D eigenvalue weighted by atomic mass is 10.1. The Balaban J connectivity index is 1.74. The Hall–Kier alpha value is -2.14. The number of hydrogen-bond donors (Lipinski definition) is 3. The lowest BCUT2D eigenvalue weighted by Gasteiger charge is -2.14. The van der Waals surface area contributed by atoms with Gasteiger partial charge in [0.15, 0.2) is 0 Å². The molecular formula is C18H24N4O. The molecule has 1 aliphatic carbocycles. The van der Waals surface area contributed by atoms with Crippen LogP contribution < -0.4 is 10.6 Å². The van der Waals surface area contributed by atoms with E-state index in [4.69, 9.17) is 0 Å². The summed E-state index contributed by atoms with van der Waals surface area (Å²) in [5.74, 6) is 1.97. The van der Waals surface area contributed by atoms with Gasteiger partial charge in [0, 0.05) is 24.6 Å². The third-order valence-electron chi connectivity index (χ3n) is 3.95. The lowest BCUT2D eigenvalue weighted by molar-refractivity contribution is 0.281. The van der Waals surface area contributed by atoms with Crippen LogP contribution in [-0.2, 0) is 6.54 Å². The molecule has 0 saturated heterocycles. The van der Waals surface area contributed by atoms with Crippen molar-refractivity contribution in [3.05, 3.63) is 47.2 Å². The van der Waals surface area contributed by atoms with Crippen LogP contribution in [0.25, 0.3) is 0 Å². The average molecular weight is 312 g/mol. The van der Waals surface area contributed by atoms with Crippen LogP contribution >= 0.6 is 0 Å². The molecule has 1 heterocycles. The topological polar surface area (TPSA) is 70.1 Å². The number of hydrogen-bond acceptors (Lipinski definition) is 5. The van der Waals surface area contributed by atoms with Crippen LogP contribution in [0.4, 0.5) is 11.8 Å². The molecule has 1 aromatic heterocycles. The number of aryl methyl sites for hydroxylation is 1. The molecule has 1 saturated carbocycles. The zero-order valence-electron chi connectivity index (χ0n) is 13.7. The molecule has 2 aromatic rings. The summed E-state index contributed by atoms with van der Waals surface area (Å²) in [5.41, 5.74) is 3.57. The normalized spacial score (nSPS) is 15.3. The molecular weight excluding hydrogens is 288 g/mol. The van der Waals surface area contributed by atoms with Crippen LogP contribution in [0.1, 0.15) is 42.5 Å². The zero-order valence-corrected chi connectivity index (χ0v) is 13.7. The first kappa shape index (κ1) is 15.7. The molecule has 1 atom stereocenters. The highest BCUT2D eigenvalue weighted by molar-refractivity contribution is 5.45. The molecule has 5 nitrogen and oxygen atoms in total. The van der Waals surface area contributed by atoms with Gasteiger partial charge in [-0.3, -0.25) is 0 Å². The summed E-state index contributed by atoms with van der Waals surface area (Å²) in [6.07, 6.45) is 2.40. The van der Waals surface area contributed by atoms with Crippen LogP contribution in [-0.4, -0.2) is 27.7 Å². The molecule has 23 heavy (non-hydrogen) atoms. The van der Waals surface area contributed by atoms with Crippen molar-refractivity contribution in [2.75, 3.05) is 17.2 Å². The molecule has 3 N–H and O–H groups in total. The third-order valence-corrected chi connectivity index (χ3v) is 3.95. The Labute approximate surface area is 137 Å². The van der Waals surface area contributed by atoms with Gasteiger partial charge >= 0.3 is 0 Å². The van der Waals surface area contributed by atoms with Crippen molar-refractivity contribution in [2.24, 2.45) is 0 Å². The largest absolute Gasteiger partial charge is 0.394 e. The maximum atomic E-state index is 9.20. The number of rotatable bonds is 7. The summed E-state index contributed by atoms with van der Waals surface area (Å²) in [6.45, 7) is 4.80. The maximum absolute atomic E-state index is 9.20. The number of anilines is 2. The molecule has 5 heteroatoms. The number of benzene rings is 1. The molecule has 1 fully saturated rings. The van der Waals surface area contributed by atoms with Crippen LogP contribution in [0.15, 0.2) is 30.3 Å². The number of nitrogens with zero attached hydrogens (tertiary/aromatic N) is 2. The summed E-state index contributed by atoms with van der Waals surface area (Å²) in [5, 5.41) is 15.7. The fourth-order valence-electron chi connectivity index (χ4n) is 2.49. The Bertz CT molecular complexity index is 670. The van der Waals surface area contributed by atoms with E-state index in [1.807, 2.05) is 13.0 Å². The fourth-order valence-corrected chi connectivity index (χ4v) is 2.49. The van der Waals surface area contributed by atoms with E-state index < -0.39 is 0 Å². The van der Waals surface area contributed by atoms with Crippen molar-refractivity contribution in [3.63, 3.8) is 0 Å². The van der Waals surface area contributed by atoms with Crippen LogP contribution in [0.5, 0.6) is 0 Å². The van der Waals surface area contributed by atoms with Gasteiger partial charge in [-0.2, -0.15) is 4.98 Å². The number of aromatic nitrogens is 2. The molecule has 122 valence electrons. The van der Waals surface area contributed by atoms with E-state index in [0.29, 0.717) is 11.9 Å². The van der Waals surface area contributed by atoms with Crippen molar-refractivity contribution in [1.29, 1.82) is 0 Å². The molecule has 3 rings (SSSR count). The van der Waals surface area contributed by atoms with Crippen molar-refractivity contribution in [3.8, 4) is 0 Å². The SMILES string of the molecule is Cc1cccc(CNc2cc(C3CC3)nc(N[C@H](C)CO)n2)c1. The zero-order chi connectivity index (χ0) is 16.2. The summed E-state index contributed by atoms with van der Waals surface area (Å²) in [4.78, 5) is 9.10. The monoisotopic (exact) mass is 312 g/mol. The first-order chi connectivity index (χ1) is 11.1. The Morgan fingerprint density at radius 1 is 1.26 bits per heavy atom. The average Bonchev–Trinajstić information content (AvgIpc) is 3.37. The lowest BCUT2D eigenvalue weighted by Crippen LogP contribution is -2.21. The van der Waals surface area contributed by atoms with Crippen molar-refractivity contribution < 1.29 is 5.11 Å². The number of aliphatic hydroxyl groups is 1. The van der Waals surface area contributed by atoms with Gasteiger partial charge in [-0.15, -0.1) is 0 Å². The minimum Gasteiger partial charge on any atom is -0.394 e. The van der Waals surface area contributed by atoms with Crippen LogP contribution in [0, 0.1) is 6.92 Å². The van der Waals surface area contributed by atoms with E-state index in [-0.39, 0.29) is 12.6 Å². The number of nitrogens with one attached hydrogen (secondary N) is 2. The molecule has 1 aliphatic rings. The van der Waals surface area contributed by atoms with Crippen molar-refractivity contribution in [2.45, 2.75) is 45.2 Å². The standard InChI is InChI=1S/C18H24N4O/c1-12-4-3-5-14(8-12)10-19-17-9-16(15-6-7-15)21-18(22-17)20-13(2)11-23/h3-5,8-9,13,15,23H,6-7,10-11H2,1-2H3,(H2,19,20,21,22)/t13-/m1/s1. The van der Waals surface area contributed by atoms with E-state index in [2.05, 4.69) is 51.8 Å². The second kappa shape index (κ2) is 6.96. The highest BCUT2D eigenvalue weighted by Crippen LogP contribution is 2.39. The van der Waals surface area contributed by atoms with Crippen molar-refractivity contribution in [1.82, 2.24) is 9.97 Å². The summed E-state index contributed by atoms with van der Waals surface area (Å²) < 4.78 is 0. The predicted octanol–water partition coefficient (Wildman–Crippen LogP) is 3.07. The minimum absolute atomic E-state index is 0.0586. The van der Waals surface area contributed by atoms with E-state index in [1.165, 1.54) is 24.0 Å².